The quantitative estimate of drug-likeness (QED) is 0.0317. The van der Waals surface area contributed by atoms with Gasteiger partial charge in [0, 0.05) is 77.0 Å². The van der Waals surface area contributed by atoms with Crippen LogP contribution in [0, 0.1) is 11.8 Å². The topological polar surface area (TPSA) is 111 Å². The molecule has 2 saturated heterocycles. The molecule has 9 heteroatoms. The Morgan fingerprint density at radius 2 is 0.631 bits per heavy atom. The number of likely N-dealkylation sites (tertiary alicyclic amines) is 2. The second kappa shape index (κ2) is 43.0. The maximum absolute atomic E-state index is 12.9. The Hall–Kier alpha value is -2.36. The fraction of sp³-hybridized carbons (Fsp3) is 0.857. The molecule has 0 aromatic heterocycles. The maximum atomic E-state index is 12.9. The Bertz CT molecular complexity index is 1240. The number of imide groups is 2. The number of amides is 4. The number of nitrogens with zero attached hydrogens (tertiary/aromatic N) is 2. The highest BCUT2D eigenvalue weighted by Crippen LogP contribution is 2.26. The zero-order valence-electron chi connectivity index (χ0n) is 42.6. The monoisotopic (exact) mass is 910 g/mol. The summed E-state index contributed by atoms with van der Waals surface area (Å²) in [5.74, 6) is -0.262. The molecule has 0 aromatic carbocycles. The highest BCUT2D eigenvalue weighted by atomic mass is 16.2. The van der Waals surface area contributed by atoms with E-state index in [1.807, 2.05) is 0 Å². The first-order chi connectivity index (χ1) is 32.0. The van der Waals surface area contributed by atoms with Crippen molar-refractivity contribution in [3.8, 4) is 0 Å². The van der Waals surface area contributed by atoms with Crippen molar-refractivity contribution in [1.29, 1.82) is 0 Å². The van der Waals surface area contributed by atoms with Crippen LogP contribution in [0.1, 0.15) is 245 Å². The normalized spacial score (nSPS) is 16.9. The SMILES string of the molecule is CCCCCC/C=C/CCCCCCCCCCC1CC(=O)N(CCNCCNCCNCCN2C(=O)CC(CCCCCCC/C=C/CCCCCCCCCCCCC)C2=O)C1=O. The third kappa shape index (κ3) is 31.3. The summed E-state index contributed by atoms with van der Waals surface area (Å²) < 4.78 is 0. The molecule has 0 aromatic rings. The Balaban J connectivity index is 1.33. The molecule has 65 heavy (non-hydrogen) atoms. The predicted octanol–water partition coefficient (Wildman–Crippen LogP) is 12.9. The summed E-state index contributed by atoms with van der Waals surface area (Å²) in [7, 11) is 0. The fourth-order valence-corrected chi connectivity index (χ4v) is 9.52. The molecule has 0 bridgehead atoms. The van der Waals surface area contributed by atoms with Crippen molar-refractivity contribution in [3.05, 3.63) is 24.3 Å². The largest absolute Gasteiger partial charge is 0.314 e. The highest BCUT2D eigenvalue weighted by molar-refractivity contribution is 6.04. The number of unbranched alkanes of at least 4 members (excludes halogenated alkanes) is 28. The van der Waals surface area contributed by atoms with E-state index >= 15 is 0 Å². The van der Waals surface area contributed by atoms with Crippen LogP contribution < -0.4 is 16.0 Å². The van der Waals surface area contributed by atoms with Gasteiger partial charge in [-0.05, 0) is 64.2 Å². The van der Waals surface area contributed by atoms with Crippen molar-refractivity contribution in [1.82, 2.24) is 25.8 Å². The van der Waals surface area contributed by atoms with Crippen LogP contribution in [0.3, 0.4) is 0 Å². The van der Waals surface area contributed by atoms with Gasteiger partial charge >= 0.3 is 0 Å². The summed E-state index contributed by atoms with van der Waals surface area (Å²) in [5.41, 5.74) is 0. The molecular formula is C56H103N5O4. The molecule has 3 N–H and O–H groups in total. The van der Waals surface area contributed by atoms with E-state index in [0.29, 0.717) is 39.0 Å². The first-order valence-electron chi connectivity index (χ1n) is 28.1. The van der Waals surface area contributed by atoms with E-state index in [2.05, 4.69) is 54.1 Å². The van der Waals surface area contributed by atoms with E-state index in [4.69, 9.17) is 0 Å². The van der Waals surface area contributed by atoms with Gasteiger partial charge in [-0.1, -0.05) is 192 Å². The van der Waals surface area contributed by atoms with E-state index in [-0.39, 0.29) is 35.5 Å². The van der Waals surface area contributed by atoms with Gasteiger partial charge in [-0.2, -0.15) is 0 Å². The summed E-state index contributed by atoms with van der Waals surface area (Å²) >= 11 is 0. The molecule has 376 valence electrons. The Morgan fingerprint density at radius 3 is 0.954 bits per heavy atom. The summed E-state index contributed by atoms with van der Waals surface area (Å²) in [5, 5.41) is 10.1. The lowest BCUT2D eigenvalue weighted by Crippen LogP contribution is -2.40. The molecule has 2 aliphatic heterocycles. The Kier molecular flexibility index (Phi) is 38.8. The van der Waals surface area contributed by atoms with E-state index in [0.717, 1.165) is 64.7 Å². The molecule has 2 unspecified atom stereocenters. The molecule has 4 amide bonds. The zero-order chi connectivity index (χ0) is 46.7. The van der Waals surface area contributed by atoms with Crippen LogP contribution in [0.4, 0.5) is 0 Å². The van der Waals surface area contributed by atoms with E-state index in [1.54, 1.807) is 0 Å². The van der Waals surface area contributed by atoms with Gasteiger partial charge < -0.3 is 16.0 Å². The van der Waals surface area contributed by atoms with Gasteiger partial charge in [0.25, 0.3) is 0 Å². The summed E-state index contributed by atoms with van der Waals surface area (Å²) in [6.07, 6.45) is 53.4. The van der Waals surface area contributed by atoms with Crippen LogP contribution in [0.25, 0.3) is 0 Å². The predicted molar refractivity (Wildman–Crippen MR) is 275 cm³/mol. The fourth-order valence-electron chi connectivity index (χ4n) is 9.52. The maximum Gasteiger partial charge on any atom is 0.232 e. The van der Waals surface area contributed by atoms with Gasteiger partial charge in [-0.25, -0.2) is 0 Å². The lowest BCUT2D eigenvalue weighted by atomic mass is 9.98. The number of rotatable bonds is 48. The minimum Gasteiger partial charge on any atom is -0.314 e. The van der Waals surface area contributed by atoms with Crippen molar-refractivity contribution >= 4 is 23.6 Å². The average Bonchev–Trinajstić information content (AvgIpc) is 3.73. The van der Waals surface area contributed by atoms with Crippen LogP contribution in [0.15, 0.2) is 24.3 Å². The smallest absolute Gasteiger partial charge is 0.232 e. The lowest BCUT2D eigenvalue weighted by molar-refractivity contribution is -0.140. The van der Waals surface area contributed by atoms with Crippen LogP contribution >= 0.6 is 0 Å². The zero-order valence-corrected chi connectivity index (χ0v) is 42.6. The van der Waals surface area contributed by atoms with Crippen LogP contribution in [0.2, 0.25) is 0 Å². The molecule has 0 saturated carbocycles. The molecule has 2 aliphatic rings. The summed E-state index contributed by atoms with van der Waals surface area (Å²) in [6.45, 7) is 9.71. The third-order valence-corrected chi connectivity index (χ3v) is 13.8. The summed E-state index contributed by atoms with van der Waals surface area (Å²) in [4.78, 5) is 53.9. The van der Waals surface area contributed by atoms with Gasteiger partial charge in [0.2, 0.25) is 23.6 Å². The van der Waals surface area contributed by atoms with Gasteiger partial charge in [0.05, 0.1) is 0 Å². The molecule has 0 radical (unpaired) electrons. The van der Waals surface area contributed by atoms with Crippen molar-refractivity contribution in [3.63, 3.8) is 0 Å². The van der Waals surface area contributed by atoms with Crippen molar-refractivity contribution < 1.29 is 19.2 Å². The standard InChI is InChI=1S/C56H103N5O4/c1-3-5-7-9-11-13-15-17-19-21-22-23-24-26-28-30-32-34-36-38-40-52-50-54(63)61(56(52)65)48-46-59-44-42-57-41-43-58-45-47-60-53(62)49-51(55(60)64)39-37-35-33-31-29-27-25-20-18-16-14-12-10-8-6-4-2/h14,16,24,26,51-52,57-59H,3-13,15,17-23,25,27-50H2,1-2H3/b16-14+,26-24+. The highest BCUT2D eigenvalue weighted by Gasteiger charge is 2.38. The van der Waals surface area contributed by atoms with Crippen LogP contribution in [0.5, 0.6) is 0 Å². The molecule has 2 heterocycles. The number of allylic oxidation sites excluding steroid dienone is 4. The minimum atomic E-state index is -0.134. The van der Waals surface area contributed by atoms with Crippen molar-refractivity contribution in [2.75, 3.05) is 52.4 Å². The molecule has 0 spiro atoms. The second-order valence-electron chi connectivity index (χ2n) is 19.7. The average molecular weight is 910 g/mol. The molecule has 2 atom stereocenters. The van der Waals surface area contributed by atoms with Gasteiger partial charge in [-0.15, -0.1) is 0 Å². The molecular weight excluding hydrogens is 807 g/mol. The molecule has 0 aliphatic carbocycles. The van der Waals surface area contributed by atoms with Crippen LogP contribution in [-0.4, -0.2) is 85.8 Å². The number of nitrogens with one attached hydrogen (secondary N) is 3. The number of hydrogen-bond acceptors (Lipinski definition) is 7. The number of carbonyl (C=O) groups excluding carboxylic acids is 4. The van der Waals surface area contributed by atoms with E-state index in [1.165, 1.54) is 190 Å². The number of hydrogen-bond donors (Lipinski definition) is 3. The molecule has 2 fully saturated rings. The summed E-state index contributed by atoms with van der Waals surface area (Å²) in [6, 6.07) is 0. The first kappa shape index (κ1) is 58.8. The second-order valence-corrected chi connectivity index (χ2v) is 19.7. The van der Waals surface area contributed by atoms with Gasteiger partial charge in [0.15, 0.2) is 0 Å². The van der Waals surface area contributed by atoms with E-state index < -0.39 is 0 Å². The number of carbonyl (C=O) groups is 4. The molecule has 2 rings (SSSR count). The van der Waals surface area contributed by atoms with Crippen LogP contribution in [-0.2, 0) is 19.2 Å². The first-order valence-corrected chi connectivity index (χ1v) is 28.1. The Morgan fingerprint density at radius 1 is 0.369 bits per heavy atom. The van der Waals surface area contributed by atoms with E-state index in [9.17, 15) is 19.2 Å². The van der Waals surface area contributed by atoms with Gasteiger partial charge in [0.1, 0.15) is 0 Å². The van der Waals surface area contributed by atoms with Gasteiger partial charge in [-0.3, -0.25) is 29.0 Å². The van der Waals surface area contributed by atoms with Crippen molar-refractivity contribution in [2.45, 2.75) is 245 Å². The lowest BCUT2D eigenvalue weighted by Gasteiger charge is -2.16. The molecule has 9 nitrogen and oxygen atoms in total. The Labute approximate surface area is 400 Å². The van der Waals surface area contributed by atoms with Crippen molar-refractivity contribution in [2.24, 2.45) is 11.8 Å². The minimum absolute atomic E-state index is 0.0190. The third-order valence-electron chi connectivity index (χ3n) is 13.8.